The molecule has 2 amide bonds. The van der Waals surface area contributed by atoms with Crippen LogP contribution < -0.4 is 5.32 Å². The second-order valence-corrected chi connectivity index (χ2v) is 8.46. The number of benzene rings is 2. The lowest BCUT2D eigenvalue weighted by Crippen LogP contribution is -2.40. The van der Waals surface area contributed by atoms with Crippen LogP contribution in [0.25, 0.3) is 11.0 Å². The Morgan fingerprint density at radius 2 is 1.77 bits per heavy atom. The van der Waals surface area contributed by atoms with Crippen molar-refractivity contribution in [2.24, 2.45) is 0 Å². The van der Waals surface area contributed by atoms with Crippen LogP contribution in [0.2, 0.25) is 0 Å². The van der Waals surface area contributed by atoms with E-state index in [0.29, 0.717) is 37.6 Å². The van der Waals surface area contributed by atoms with Gasteiger partial charge in [-0.3, -0.25) is 9.59 Å². The first-order chi connectivity index (χ1) is 14.6. The maximum atomic E-state index is 13.1. The van der Waals surface area contributed by atoms with Gasteiger partial charge in [0.1, 0.15) is 11.3 Å². The third-order valence-electron chi connectivity index (χ3n) is 5.05. The van der Waals surface area contributed by atoms with Crippen LogP contribution in [0.1, 0.15) is 23.0 Å². The zero-order valence-electron chi connectivity index (χ0n) is 16.8. The Morgan fingerprint density at radius 3 is 2.53 bits per heavy atom. The molecular weight excluding hydrogens is 400 g/mol. The van der Waals surface area contributed by atoms with Crippen LogP contribution in [0.4, 0.5) is 5.69 Å². The topological polar surface area (TPSA) is 71.8 Å². The highest BCUT2D eigenvalue weighted by molar-refractivity contribution is 7.99. The van der Waals surface area contributed by atoms with E-state index in [2.05, 4.69) is 5.32 Å². The van der Waals surface area contributed by atoms with Gasteiger partial charge in [-0.15, -0.1) is 11.8 Å². The molecule has 1 saturated heterocycles. The molecule has 1 atom stereocenters. The van der Waals surface area contributed by atoms with Crippen molar-refractivity contribution in [1.29, 1.82) is 0 Å². The van der Waals surface area contributed by atoms with E-state index in [0.717, 1.165) is 11.1 Å². The molecule has 6 nitrogen and oxygen atoms in total. The molecule has 3 aromatic rings. The number of carbonyl (C=O) groups excluding carboxylic acids is 2. The van der Waals surface area contributed by atoms with Gasteiger partial charge in [-0.25, -0.2) is 0 Å². The molecule has 0 spiro atoms. The summed E-state index contributed by atoms with van der Waals surface area (Å²) in [6.07, 6.45) is 0. The number of amides is 2. The van der Waals surface area contributed by atoms with Crippen LogP contribution in [0.5, 0.6) is 0 Å². The standard InChI is InChI=1S/C23H24N2O4S/c1-16(30-15-17-7-3-2-4-8-17)22(26)24-20-18-9-5-6-10-19(18)29-21(20)23(27)25-11-13-28-14-12-25/h2-10,16H,11-15H2,1H3,(H,24,26). The van der Waals surface area contributed by atoms with Gasteiger partial charge in [-0.1, -0.05) is 42.5 Å². The minimum atomic E-state index is -0.287. The van der Waals surface area contributed by atoms with Crippen molar-refractivity contribution < 1.29 is 18.7 Å². The molecule has 1 aromatic heterocycles. The monoisotopic (exact) mass is 424 g/mol. The number of ether oxygens (including phenoxy) is 1. The van der Waals surface area contributed by atoms with Crippen molar-refractivity contribution in [1.82, 2.24) is 4.90 Å². The van der Waals surface area contributed by atoms with Crippen molar-refractivity contribution in [3.8, 4) is 0 Å². The number of nitrogens with one attached hydrogen (secondary N) is 1. The number of fused-ring (bicyclic) bond motifs is 1. The molecule has 7 heteroatoms. The molecule has 1 aliphatic rings. The zero-order valence-corrected chi connectivity index (χ0v) is 17.6. The van der Waals surface area contributed by atoms with Crippen molar-refractivity contribution in [3.05, 3.63) is 65.9 Å². The molecule has 30 heavy (non-hydrogen) atoms. The first kappa shape index (κ1) is 20.5. The van der Waals surface area contributed by atoms with Crippen molar-refractivity contribution in [2.45, 2.75) is 17.9 Å². The summed E-state index contributed by atoms with van der Waals surface area (Å²) >= 11 is 1.55. The Labute approximate surface area is 179 Å². The molecular formula is C23H24N2O4S. The first-order valence-electron chi connectivity index (χ1n) is 9.98. The van der Waals surface area contributed by atoms with Gasteiger partial charge in [0, 0.05) is 24.2 Å². The second kappa shape index (κ2) is 9.36. The lowest BCUT2D eigenvalue weighted by Gasteiger charge is -2.26. The molecule has 1 aliphatic heterocycles. The fourth-order valence-electron chi connectivity index (χ4n) is 3.33. The van der Waals surface area contributed by atoms with Crippen LogP contribution in [0, 0.1) is 0 Å². The Balaban J connectivity index is 1.53. The van der Waals surface area contributed by atoms with Gasteiger partial charge >= 0.3 is 0 Å². The highest BCUT2D eigenvalue weighted by Gasteiger charge is 2.28. The van der Waals surface area contributed by atoms with E-state index < -0.39 is 0 Å². The number of rotatable bonds is 6. The van der Waals surface area contributed by atoms with Gasteiger partial charge in [0.05, 0.1) is 18.5 Å². The Kier molecular flexibility index (Phi) is 6.40. The number of morpholine rings is 1. The minimum Gasteiger partial charge on any atom is -0.449 e. The lowest BCUT2D eigenvalue weighted by molar-refractivity contribution is -0.115. The first-order valence-corrected chi connectivity index (χ1v) is 11.0. The SMILES string of the molecule is CC(SCc1ccccc1)C(=O)Nc1c(C(=O)N2CCOCC2)oc2ccccc12. The van der Waals surface area contributed by atoms with Crippen LogP contribution in [0.3, 0.4) is 0 Å². The van der Waals surface area contributed by atoms with Crippen LogP contribution in [-0.2, 0) is 15.3 Å². The average molecular weight is 425 g/mol. The quantitative estimate of drug-likeness (QED) is 0.643. The molecule has 1 unspecified atom stereocenters. The number of anilines is 1. The summed E-state index contributed by atoms with van der Waals surface area (Å²) in [6, 6.07) is 17.4. The number of thioether (sulfide) groups is 1. The van der Waals surface area contributed by atoms with Gasteiger partial charge in [0.25, 0.3) is 5.91 Å². The number of nitrogens with zero attached hydrogens (tertiary/aromatic N) is 1. The molecule has 0 bridgehead atoms. The summed E-state index contributed by atoms with van der Waals surface area (Å²) in [5, 5.41) is 3.40. The van der Waals surface area contributed by atoms with Gasteiger partial charge in [0.2, 0.25) is 11.7 Å². The predicted octanol–water partition coefficient (Wildman–Crippen LogP) is 4.17. The minimum absolute atomic E-state index is 0.154. The molecule has 0 radical (unpaired) electrons. The highest BCUT2D eigenvalue weighted by atomic mass is 32.2. The van der Waals surface area contributed by atoms with E-state index in [1.54, 1.807) is 22.7 Å². The predicted molar refractivity (Wildman–Crippen MR) is 119 cm³/mol. The Morgan fingerprint density at radius 1 is 1.07 bits per heavy atom. The third-order valence-corrected chi connectivity index (χ3v) is 6.26. The Bertz CT molecular complexity index is 1030. The molecule has 1 fully saturated rings. The number of carbonyl (C=O) groups is 2. The summed E-state index contributed by atoms with van der Waals surface area (Å²) in [5.74, 6) is 0.529. The summed E-state index contributed by atoms with van der Waals surface area (Å²) in [6.45, 7) is 3.88. The normalized spacial score (nSPS) is 15.2. The molecule has 4 rings (SSSR count). The summed E-state index contributed by atoms with van der Waals surface area (Å²) in [7, 11) is 0. The number of hydrogen-bond donors (Lipinski definition) is 1. The van der Waals surface area contributed by atoms with Crippen molar-refractivity contribution >= 4 is 40.2 Å². The van der Waals surface area contributed by atoms with Gasteiger partial charge < -0.3 is 19.4 Å². The number of para-hydroxylation sites is 1. The molecule has 156 valence electrons. The van der Waals surface area contributed by atoms with Crippen LogP contribution >= 0.6 is 11.8 Å². The van der Waals surface area contributed by atoms with Crippen LogP contribution in [0.15, 0.2) is 59.0 Å². The van der Waals surface area contributed by atoms with Gasteiger partial charge in [0.15, 0.2) is 0 Å². The van der Waals surface area contributed by atoms with Gasteiger partial charge in [-0.05, 0) is 24.6 Å². The number of hydrogen-bond acceptors (Lipinski definition) is 5. The van der Waals surface area contributed by atoms with E-state index in [1.807, 2.05) is 55.5 Å². The largest absolute Gasteiger partial charge is 0.449 e. The molecule has 2 aromatic carbocycles. The number of furan rings is 1. The molecule has 2 heterocycles. The summed E-state index contributed by atoms with van der Waals surface area (Å²) < 4.78 is 11.2. The van der Waals surface area contributed by atoms with Crippen molar-refractivity contribution in [2.75, 3.05) is 31.6 Å². The van der Waals surface area contributed by atoms with Crippen LogP contribution in [-0.4, -0.2) is 48.3 Å². The van der Waals surface area contributed by atoms with E-state index in [4.69, 9.17) is 9.15 Å². The highest BCUT2D eigenvalue weighted by Crippen LogP contribution is 2.32. The lowest BCUT2D eigenvalue weighted by atomic mass is 10.2. The third kappa shape index (κ3) is 4.52. The fraction of sp³-hybridized carbons (Fsp3) is 0.304. The summed E-state index contributed by atoms with van der Waals surface area (Å²) in [5.41, 5.74) is 2.19. The zero-order chi connectivity index (χ0) is 20.9. The summed E-state index contributed by atoms with van der Waals surface area (Å²) in [4.78, 5) is 27.7. The van der Waals surface area contributed by atoms with Gasteiger partial charge in [-0.2, -0.15) is 0 Å². The second-order valence-electron chi connectivity index (χ2n) is 7.14. The molecule has 1 N–H and O–H groups in total. The van der Waals surface area contributed by atoms with E-state index >= 15 is 0 Å². The maximum Gasteiger partial charge on any atom is 0.291 e. The van der Waals surface area contributed by atoms with Crippen molar-refractivity contribution in [3.63, 3.8) is 0 Å². The van der Waals surface area contributed by atoms with E-state index in [9.17, 15) is 9.59 Å². The smallest absolute Gasteiger partial charge is 0.291 e. The average Bonchev–Trinajstić information content (AvgIpc) is 3.16. The van der Waals surface area contributed by atoms with E-state index in [1.165, 1.54) is 5.56 Å². The maximum absolute atomic E-state index is 13.1. The molecule has 0 saturated carbocycles. The Hall–Kier alpha value is -2.77. The molecule has 0 aliphatic carbocycles. The fourth-order valence-corrected chi connectivity index (χ4v) is 4.17. The van der Waals surface area contributed by atoms with E-state index in [-0.39, 0.29) is 22.8 Å².